The molecule has 4 nitrogen and oxygen atoms in total. The van der Waals surface area contributed by atoms with Gasteiger partial charge in [0.1, 0.15) is 23.1 Å². The lowest BCUT2D eigenvalue weighted by Gasteiger charge is -2.44. The first-order chi connectivity index (χ1) is 12.8. The molecule has 3 aromatic rings. The number of rotatable bonds is 0. The van der Waals surface area contributed by atoms with E-state index in [2.05, 4.69) is 4.98 Å². The van der Waals surface area contributed by atoms with Crippen LogP contribution in [-0.4, -0.2) is 24.0 Å². The lowest BCUT2D eigenvalue weighted by Crippen LogP contribution is -2.61. The minimum absolute atomic E-state index is 0.335. The highest BCUT2D eigenvalue weighted by molar-refractivity contribution is 5.99. The quantitative estimate of drug-likeness (QED) is 0.578. The molecule has 1 spiro atoms. The van der Waals surface area contributed by atoms with Gasteiger partial charge in [0.25, 0.3) is 0 Å². The Labute approximate surface area is 155 Å². The molecule has 1 aromatic heterocycles. The maximum Gasteiger partial charge on any atom is 0.228 e. The summed E-state index contributed by atoms with van der Waals surface area (Å²) in [7, 11) is 1.75. The Hall–Kier alpha value is -3.02. The van der Waals surface area contributed by atoms with Crippen LogP contribution in [0.3, 0.4) is 0 Å². The van der Waals surface area contributed by atoms with Crippen molar-refractivity contribution in [2.75, 3.05) is 11.9 Å². The summed E-state index contributed by atoms with van der Waals surface area (Å²) in [5.41, 5.74) is -0.178. The second-order valence-corrected chi connectivity index (χ2v) is 7.53. The van der Waals surface area contributed by atoms with Crippen LogP contribution < -0.4 is 9.64 Å². The standard InChI is InChI=1S/C21H17F2N3O/c1-20(2)15-8-13(22)9-16(23)19(15)26(3)21(20)11-25-18-14-6-7-24-10-12(14)4-5-17(18)27-21/h4-11H,1-3H3. The summed E-state index contributed by atoms with van der Waals surface area (Å²) in [6.07, 6.45) is 5.18. The third-order valence-corrected chi connectivity index (χ3v) is 5.82. The van der Waals surface area contributed by atoms with Gasteiger partial charge >= 0.3 is 0 Å². The molecule has 1 atom stereocenters. The highest BCUT2D eigenvalue weighted by Crippen LogP contribution is 2.54. The zero-order valence-electron chi connectivity index (χ0n) is 15.1. The Morgan fingerprint density at radius 3 is 2.74 bits per heavy atom. The molecule has 2 aromatic carbocycles. The monoisotopic (exact) mass is 365 g/mol. The Bertz CT molecular complexity index is 1140. The lowest BCUT2D eigenvalue weighted by atomic mass is 9.77. The lowest BCUT2D eigenvalue weighted by molar-refractivity contribution is 0.0824. The number of anilines is 1. The molecule has 27 heavy (non-hydrogen) atoms. The first-order valence-electron chi connectivity index (χ1n) is 8.69. The van der Waals surface area contributed by atoms with Gasteiger partial charge in [-0.25, -0.2) is 8.78 Å². The van der Waals surface area contributed by atoms with Crippen molar-refractivity contribution >= 4 is 28.4 Å². The number of pyridine rings is 1. The smallest absolute Gasteiger partial charge is 0.228 e. The first kappa shape index (κ1) is 16.2. The Kier molecular flexibility index (Phi) is 3.01. The van der Waals surface area contributed by atoms with Gasteiger partial charge in [-0.3, -0.25) is 9.98 Å². The van der Waals surface area contributed by atoms with Crippen LogP contribution in [0.15, 0.2) is 47.7 Å². The molecule has 0 saturated carbocycles. The summed E-state index contributed by atoms with van der Waals surface area (Å²) >= 11 is 0. The summed E-state index contributed by atoms with van der Waals surface area (Å²) in [4.78, 5) is 10.5. The maximum atomic E-state index is 14.6. The molecule has 5 rings (SSSR count). The highest BCUT2D eigenvalue weighted by atomic mass is 19.1. The van der Waals surface area contributed by atoms with Crippen molar-refractivity contribution in [2.45, 2.75) is 25.0 Å². The summed E-state index contributed by atoms with van der Waals surface area (Å²) in [6.45, 7) is 3.83. The molecule has 0 aliphatic carbocycles. The minimum atomic E-state index is -1.06. The summed E-state index contributed by atoms with van der Waals surface area (Å²) in [6, 6.07) is 7.94. The van der Waals surface area contributed by atoms with Crippen molar-refractivity contribution < 1.29 is 13.5 Å². The van der Waals surface area contributed by atoms with Crippen molar-refractivity contribution in [1.29, 1.82) is 0 Å². The van der Waals surface area contributed by atoms with E-state index in [0.717, 1.165) is 16.8 Å². The number of fused-ring (bicyclic) bond motifs is 4. The molecule has 0 radical (unpaired) electrons. The van der Waals surface area contributed by atoms with Gasteiger partial charge in [0.2, 0.25) is 5.72 Å². The number of likely N-dealkylation sites (N-methyl/N-ethyl adjacent to an activating group) is 1. The minimum Gasteiger partial charge on any atom is -0.459 e. The molecule has 0 saturated heterocycles. The van der Waals surface area contributed by atoms with Crippen LogP contribution in [0.25, 0.3) is 10.8 Å². The van der Waals surface area contributed by atoms with Crippen LogP contribution >= 0.6 is 0 Å². The van der Waals surface area contributed by atoms with Crippen LogP contribution in [0, 0.1) is 11.6 Å². The fraction of sp³-hybridized carbons (Fsp3) is 0.238. The van der Waals surface area contributed by atoms with Crippen LogP contribution in [0.4, 0.5) is 20.2 Å². The number of ether oxygens (including phenoxy) is 1. The normalized spacial score (nSPS) is 22.0. The van der Waals surface area contributed by atoms with Gasteiger partial charge in [-0.05, 0) is 43.7 Å². The number of hydrogen-bond acceptors (Lipinski definition) is 4. The number of halogens is 2. The molecule has 1 unspecified atom stereocenters. The summed E-state index contributed by atoms with van der Waals surface area (Å²) in [5.74, 6) is -0.605. The van der Waals surface area contributed by atoms with E-state index < -0.39 is 22.8 Å². The average Bonchev–Trinajstić information content (AvgIpc) is 2.80. The zero-order valence-corrected chi connectivity index (χ0v) is 15.1. The first-order valence-corrected chi connectivity index (χ1v) is 8.69. The van der Waals surface area contributed by atoms with Crippen molar-refractivity contribution in [3.63, 3.8) is 0 Å². The molecule has 3 heterocycles. The Balaban J connectivity index is 1.73. The molecule has 0 bridgehead atoms. The number of aliphatic imine (C=N–C) groups is 1. The van der Waals surface area contributed by atoms with E-state index in [1.54, 1.807) is 30.6 Å². The number of hydrogen-bond donors (Lipinski definition) is 0. The molecule has 0 N–H and O–H groups in total. The van der Waals surface area contributed by atoms with Crippen LogP contribution in [-0.2, 0) is 5.41 Å². The largest absolute Gasteiger partial charge is 0.459 e. The van der Waals surface area contributed by atoms with E-state index in [1.807, 2.05) is 32.0 Å². The van der Waals surface area contributed by atoms with Gasteiger partial charge in [-0.2, -0.15) is 0 Å². The zero-order chi connectivity index (χ0) is 19.0. The van der Waals surface area contributed by atoms with E-state index >= 15 is 0 Å². The predicted molar refractivity (Wildman–Crippen MR) is 101 cm³/mol. The molecular formula is C21H17F2N3O. The van der Waals surface area contributed by atoms with Crippen molar-refractivity contribution in [2.24, 2.45) is 4.99 Å². The number of nitrogens with zero attached hydrogens (tertiary/aromatic N) is 3. The van der Waals surface area contributed by atoms with Crippen LogP contribution in [0.5, 0.6) is 5.75 Å². The Morgan fingerprint density at radius 2 is 1.93 bits per heavy atom. The topological polar surface area (TPSA) is 37.7 Å². The summed E-state index contributed by atoms with van der Waals surface area (Å²) in [5, 5.41) is 1.89. The number of benzene rings is 2. The third kappa shape index (κ3) is 1.90. The average molecular weight is 365 g/mol. The van der Waals surface area contributed by atoms with Gasteiger partial charge < -0.3 is 9.64 Å². The Morgan fingerprint density at radius 1 is 1.11 bits per heavy atom. The van der Waals surface area contributed by atoms with E-state index in [0.29, 0.717) is 22.7 Å². The second kappa shape index (κ2) is 5.03. The molecule has 2 aliphatic rings. The van der Waals surface area contributed by atoms with Gasteiger partial charge in [-0.1, -0.05) is 0 Å². The number of aromatic nitrogens is 1. The molecule has 0 amide bonds. The fourth-order valence-corrected chi connectivity index (χ4v) is 4.30. The molecule has 0 fully saturated rings. The maximum absolute atomic E-state index is 14.6. The van der Waals surface area contributed by atoms with Gasteiger partial charge in [0, 0.05) is 36.3 Å². The van der Waals surface area contributed by atoms with E-state index in [4.69, 9.17) is 9.73 Å². The molecular weight excluding hydrogens is 348 g/mol. The SMILES string of the molecule is CN1c2c(F)cc(F)cc2C(C)(C)C12C=Nc1c(ccc3cnccc13)O2. The van der Waals surface area contributed by atoms with Crippen molar-refractivity contribution in [1.82, 2.24) is 4.98 Å². The third-order valence-electron chi connectivity index (χ3n) is 5.82. The second-order valence-electron chi connectivity index (χ2n) is 7.53. The molecule has 136 valence electrons. The van der Waals surface area contributed by atoms with Crippen molar-refractivity contribution in [3.05, 3.63) is 59.9 Å². The van der Waals surface area contributed by atoms with Crippen LogP contribution in [0.1, 0.15) is 19.4 Å². The molecule has 2 aliphatic heterocycles. The van der Waals surface area contributed by atoms with E-state index in [1.165, 1.54) is 6.07 Å². The fourth-order valence-electron chi connectivity index (χ4n) is 4.30. The van der Waals surface area contributed by atoms with Crippen LogP contribution in [0.2, 0.25) is 0 Å². The van der Waals surface area contributed by atoms with Gasteiger partial charge in [-0.15, -0.1) is 0 Å². The van der Waals surface area contributed by atoms with E-state index in [-0.39, 0.29) is 0 Å². The van der Waals surface area contributed by atoms with Gasteiger partial charge in [0.15, 0.2) is 0 Å². The predicted octanol–water partition coefficient (Wildman–Crippen LogP) is 4.73. The van der Waals surface area contributed by atoms with Crippen molar-refractivity contribution in [3.8, 4) is 5.75 Å². The summed E-state index contributed by atoms with van der Waals surface area (Å²) < 4.78 is 35.0. The van der Waals surface area contributed by atoms with E-state index in [9.17, 15) is 8.78 Å². The van der Waals surface area contributed by atoms with Gasteiger partial charge in [0.05, 0.1) is 17.3 Å². The highest BCUT2D eigenvalue weighted by Gasteiger charge is 2.59. The molecule has 6 heteroatoms.